The second-order valence-electron chi connectivity index (χ2n) is 7.99. The number of anilines is 2. The number of nitrogens with two attached hydrogens (primary N) is 1. The molecule has 4 N–H and O–H groups in total. The molecule has 1 heterocycles. The van der Waals surface area contributed by atoms with Crippen LogP contribution in [-0.4, -0.2) is 44.9 Å². The molecule has 1 atom stereocenters. The van der Waals surface area contributed by atoms with Gasteiger partial charge in [0.05, 0.1) is 31.3 Å². The van der Waals surface area contributed by atoms with Gasteiger partial charge < -0.3 is 16.0 Å². The SMILES string of the molecule is CC1CCN(C(=O)C(CNc2ccc(F)cc2Cl)NS(=O)(=O)c2cc(Cl)c(N)c(Cl)c2)CC1. The number of nitrogens with zero attached hydrogens (tertiary/aromatic N) is 1. The number of likely N-dealkylation sites (tertiary alicyclic amines) is 1. The third-order valence-corrected chi connectivity index (χ3v) is 7.87. The van der Waals surface area contributed by atoms with E-state index in [9.17, 15) is 17.6 Å². The highest BCUT2D eigenvalue weighted by Crippen LogP contribution is 2.31. The number of carbonyl (C=O) groups is 1. The van der Waals surface area contributed by atoms with Gasteiger partial charge >= 0.3 is 0 Å². The second kappa shape index (κ2) is 10.7. The van der Waals surface area contributed by atoms with Gasteiger partial charge in [0.2, 0.25) is 15.9 Å². The number of piperidine rings is 1. The van der Waals surface area contributed by atoms with Crippen molar-refractivity contribution >= 4 is 62.1 Å². The summed E-state index contributed by atoms with van der Waals surface area (Å²) in [6.45, 7) is 3.03. The van der Waals surface area contributed by atoms with Crippen LogP contribution in [0.4, 0.5) is 15.8 Å². The van der Waals surface area contributed by atoms with Crippen molar-refractivity contribution in [3.05, 3.63) is 51.2 Å². The summed E-state index contributed by atoms with van der Waals surface area (Å²) >= 11 is 18.1. The number of amides is 1. The quantitative estimate of drug-likeness (QED) is 0.455. The molecule has 0 spiro atoms. The van der Waals surface area contributed by atoms with Crippen LogP contribution in [0, 0.1) is 11.7 Å². The van der Waals surface area contributed by atoms with Crippen molar-refractivity contribution in [1.82, 2.24) is 9.62 Å². The molecular weight excluding hydrogens is 514 g/mol. The number of halogens is 4. The fraction of sp³-hybridized carbons (Fsp3) is 0.381. The van der Waals surface area contributed by atoms with Gasteiger partial charge in [-0.2, -0.15) is 4.72 Å². The highest BCUT2D eigenvalue weighted by atomic mass is 35.5. The molecule has 1 unspecified atom stereocenters. The molecule has 1 saturated heterocycles. The lowest BCUT2D eigenvalue weighted by atomic mass is 9.99. The van der Waals surface area contributed by atoms with Crippen molar-refractivity contribution in [3.8, 4) is 0 Å². The molecule has 0 bridgehead atoms. The number of hydrogen-bond acceptors (Lipinski definition) is 5. The lowest BCUT2D eigenvalue weighted by Crippen LogP contribution is -2.53. The van der Waals surface area contributed by atoms with E-state index >= 15 is 0 Å². The summed E-state index contributed by atoms with van der Waals surface area (Å²) in [4.78, 5) is 14.7. The van der Waals surface area contributed by atoms with Crippen LogP contribution < -0.4 is 15.8 Å². The molecule has 3 rings (SSSR count). The van der Waals surface area contributed by atoms with Crippen LogP contribution in [0.2, 0.25) is 15.1 Å². The van der Waals surface area contributed by atoms with Gasteiger partial charge in [-0.15, -0.1) is 0 Å². The summed E-state index contributed by atoms with van der Waals surface area (Å²) in [6.07, 6.45) is 1.65. The highest BCUT2D eigenvalue weighted by molar-refractivity contribution is 7.89. The summed E-state index contributed by atoms with van der Waals surface area (Å²) < 4.78 is 41.9. The van der Waals surface area contributed by atoms with E-state index in [-0.39, 0.29) is 38.1 Å². The van der Waals surface area contributed by atoms with Gasteiger partial charge in [0.25, 0.3) is 0 Å². The van der Waals surface area contributed by atoms with E-state index in [1.807, 2.05) is 0 Å². The van der Waals surface area contributed by atoms with Gasteiger partial charge in [-0.3, -0.25) is 4.79 Å². The first kappa shape index (κ1) is 25.8. The van der Waals surface area contributed by atoms with Crippen LogP contribution in [-0.2, 0) is 14.8 Å². The molecule has 1 amide bonds. The monoisotopic (exact) mass is 536 g/mol. The van der Waals surface area contributed by atoms with E-state index in [1.54, 1.807) is 4.90 Å². The molecular formula is C21H24Cl3FN4O3S. The molecule has 180 valence electrons. The molecule has 1 aliphatic rings. The number of nitrogen functional groups attached to an aromatic ring is 1. The molecule has 7 nitrogen and oxygen atoms in total. The van der Waals surface area contributed by atoms with Crippen molar-refractivity contribution < 1.29 is 17.6 Å². The van der Waals surface area contributed by atoms with Crippen LogP contribution in [0.25, 0.3) is 0 Å². The topological polar surface area (TPSA) is 105 Å². The van der Waals surface area contributed by atoms with Crippen LogP contribution in [0.1, 0.15) is 19.8 Å². The molecule has 0 aliphatic carbocycles. The highest BCUT2D eigenvalue weighted by Gasteiger charge is 2.31. The molecule has 12 heteroatoms. The fourth-order valence-corrected chi connectivity index (χ4v) is 5.54. The average molecular weight is 538 g/mol. The molecule has 2 aromatic rings. The first-order chi connectivity index (χ1) is 15.5. The molecule has 2 aromatic carbocycles. The predicted molar refractivity (Wildman–Crippen MR) is 130 cm³/mol. The van der Waals surface area contributed by atoms with E-state index in [0.717, 1.165) is 18.9 Å². The number of benzene rings is 2. The summed E-state index contributed by atoms with van der Waals surface area (Å²) in [7, 11) is -4.19. The molecule has 1 aliphatic heterocycles. The van der Waals surface area contributed by atoms with Gasteiger partial charge in [0.15, 0.2) is 0 Å². The van der Waals surface area contributed by atoms with Gasteiger partial charge in [0, 0.05) is 19.6 Å². The van der Waals surface area contributed by atoms with E-state index in [4.69, 9.17) is 40.5 Å². The summed E-state index contributed by atoms with van der Waals surface area (Å²) in [6, 6.07) is 4.91. The number of nitrogens with one attached hydrogen (secondary N) is 2. The first-order valence-corrected chi connectivity index (χ1v) is 12.8. The molecule has 1 fully saturated rings. The Morgan fingerprint density at radius 2 is 1.76 bits per heavy atom. The maximum absolute atomic E-state index is 13.4. The maximum atomic E-state index is 13.4. The van der Waals surface area contributed by atoms with E-state index in [2.05, 4.69) is 17.0 Å². The number of hydrogen-bond donors (Lipinski definition) is 3. The Labute approximate surface area is 207 Å². The third-order valence-electron chi connectivity index (χ3n) is 5.48. The zero-order chi connectivity index (χ0) is 24.3. The Balaban J connectivity index is 1.86. The Bertz CT molecular complexity index is 1120. The Hall–Kier alpha value is -1.78. The maximum Gasteiger partial charge on any atom is 0.242 e. The standard InChI is InChI=1S/C21H24Cl3FN4O3S/c1-12-4-6-29(7-5-12)21(30)19(11-27-18-3-2-13(25)8-15(18)22)28-33(31,32)14-9-16(23)20(26)17(24)10-14/h2-3,8-10,12,19,27-28H,4-7,11,26H2,1H3. The fourth-order valence-electron chi connectivity index (χ4n) is 3.45. The molecule has 0 saturated carbocycles. The van der Waals surface area contributed by atoms with Crippen molar-refractivity contribution in [3.63, 3.8) is 0 Å². The van der Waals surface area contributed by atoms with Crippen LogP contribution in [0.5, 0.6) is 0 Å². The van der Waals surface area contributed by atoms with Gasteiger partial charge in [-0.1, -0.05) is 41.7 Å². The minimum Gasteiger partial charge on any atom is -0.396 e. The van der Waals surface area contributed by atoms with Gasteiger partial charge in [0.1, 0.15) is 11.9 Å². The van der Waals surface area contributed by atoms with E-state index < -0.39 is 21.9 Å². The zero-order valence-electron chi connectivity index (χ0n) is 17.7. The zero-order valence-corrected chi connectivity index (χ0v) is 20.8. The molecule has 0 aromatic heterocycles. The summed E-state index contributed by atoms with van der Waals surface area (Å²) in [5.41, 5.74) is 6.12. The third kappa shape index (κ3) is 6.42. The molecule has 0 radical (unpaired) electrons. The van der Waals surface area contributed by atoms with Crippen molar-refractivity contribution in [1.29, 1.82) is 0 Å². The van der Waals surface area contributed by atoms with Gasteiger partial charge in [-0.25, -0.2) is 12.8 Å². The normalized spacial score (nSPS) is 16.0. The van der Waals surface area contributed by atoms with Crippen molar-refractivity contribution in [2.24, 2.45) is 5.92 Å². The Morgan fingerprint density at radius 1 is 1.15 bits per heavy atom. The second-order valence-corrected chi connectivity index (χ2v) is 10.9. The minimum absolute atomic E-state index is 0.0213. The van der Waals surface area contributed by atoms with Crippen LogP contribution in [0.3, 0.4) is 0 Å². The van der Waals surface area contributed by atoms with Crippen molar-refractivity contribution in [2.75, 3.05) is 30.7 Å². The molecule has 33 heavy (non-hydrogen) atoms. The number of carbonyl (C=O) groups excluding carboxylic acids is 1. The Morgan fingerprint density at radius 3 is 2.33 bits per heavy atom. The van der Waals surface area contributed by atoms with Crippen LogP contribution >= 0.6 is 34.8 Å². The van der Waals surface area contributed by atoms with Crippen LogP contribution in [0.15, 0.2) is 35.2 Å². The summed E-state index contributed by atoms with van der Waals surface area (Å²) in [5, 5.41) is 2.99. The van der Waals surface area contributed by atoms with E-state index in [1.165, 1.54) is 24.3 Å². The minimum atomic E-state index is -4.19. The summed E-state index contributed by atoms with van der Waals surface area (Å²) in [5.74, 6) is -0.415. The van der Waals surface area contributed by atoms with E-state index in [0.29, 0.717) is 24.7 Å². The predicted octanol–water partition coefficient (Wildman–Crippen LogP) is 4.39. The van der Waals surface area contributed by atoms with Crippen molar-refractivity contribution in [2.45, 2.75) is 30.7 Å². The Kier molecular flexibility index (Phi) is 8.34. The largest absolute Gasteiger partial charge is 0.396 e. The average Bonchev–Trinajstić information content (AvgIpc) is 2.75. The number of sulfonamides is 1. The number of rotatable bonds is 7. The smallest absolute Gasteiger partial charge is 0.242 e. The van der Waals surface area contributed by atoms with Gasteiger partial charge in [-0.05, 0) is 49.1 Å². The lowest BCUT2D eigenvalue weighted by Gasteiger charge is -2.33. The lowest BCUT2D eigenvalue weighted by molar-refractivity contribution is -0.134. The first-order valence-electron chi connectivity index (χ1n) is 10.2.